The summed E-state index contributed by atoms with van der Waals surface area (Å²) in [6.07, 6.45) is 0.168. The first-order valence-corrected chi connectivity index (χ1v) is 7.47. The van der Waals surface area contributed by atoms with Crippen LogP contribution < -0.4 is 5.32 Å². The fraction of sp³-hybridized carbons (Fsp3) is 0.364. The molecular weight excluding hydrogens is 288 g/mol. The van der Waals surface area contributed by atoms with E-state index in [0.717, 1.165) is 17.1 Å². The number of rotatable bonds is 5. The number of anilines is 1. The van der Waals surface area contributed by atoms with Crippen LogP contribution in [-0.4, -0.2) is 46.0 Å². The summed E-state index contributed by atoms with van der Waals surface area (Å²) in [5.41, 5.74) is 0.310. The lowest BCUT2D eigenvalue weighted by atomic mass is 10.3. The zero-order chi connectivity index (χ0) is 13.8. The summed E-state index contributed by atoms with van der Waals surface area (Å²) in [6.45, 7) is 1.03. The lowest BCUT2D eigenvalue weighted by molar-refractivity contribution is -0.116. The van der Waals surface area contributed by atoms with Gasteiger partial charge in [0, 0.05) is 25.3 Å². The van der Waals surface area contributed by atoms with Crippen LogP contribution in [0.15, 0.2) is 11.4 Å². The van der Waals surface area contributed by atoms with Gasteiger partial charge in [0.15, 0.2) is 0 Å². The number of aromatic carboxylic acids is 1. The van der Waals surface area contributed by atoms with Gasteiger partial charge in [-0.1, -0.05) is 11.8 Å². The summed E-state index contributed by atoms with van der Waals surface area (Å²) in [7, 11) is 0. The van der Waals surface area contributed by atoms with Gasteiger partial charge in [0.2, 0.25) is 5.91 Å². The number of carbonyl (C=O) groups excluding carboxylic acids is 2. The van der Waals surface area contributed by atoms with Crippen LogP contribution in [0.4, 0.5) is 10.5 Å². The first kappa shape index (κ1) is 13.9. The lowest BCUT2D eigenvalue weighted by Crippen LogP contribution is -2.27. The van der Waals surface area contributed by atoms with Crippen molar-refractivity contribution in [2.75, 3.05) is 24.2 Å². The van der Waals surface area contributed by atoms with Gasteiger partial charge in [0.1, 0.15) is 4.88 Å². The van der Waals surface area contributed by atoms with E-state index < -0.39 is 5.97 Å². The van der Waals surface area contributed by atoms with Crippen LogP contribution in [0.1, 0.15) is 16.1 Å². The van der Waals surface area contributed by atoms with E-state index in [1.54, 1.807) is 16.3 Å². The number of carbonyl (C=O) groups is 3. The molecule has 0 aliphatic carbocycles. The monoisotopic (exact) mass is 300 g/mol. The van der Waals surface area contributed by atoms with Gasteiger partial charge in [-0.15, -0.1) is 11.3 Å². The SMILES string of the molecule is O=C(CCN1CCSC1=O)Nc1ccsc1C(=O)O. The second kappa shape index (κ2) is 6.07. The highest BCUT2D eigenvalue weighted by atomic mass is 32.2. The minimum absolute atomic E-state index is 0.00504. The molecule has 2 heterocycles. The predicted octanol–water partition coefficient (Wildman–Crippen LogP) is 1.94. The minimum Gasteiger partial charge on any atom is -0.477 e. The molecule has 0 radical (unpaired) electrons. The summed E-state index contributed by atoms with van der Waals surface area (Å²) in [6, 6.07) is 1.56. The Hall–Kier alpha value is -1.54. The Bertz CT molecular complexity index is 515. The summed E-state index contributed by atoms with van der Waals surface area (Å²) in [4.78, 5) is 35.6. The molecule has 0 aromatic carbocycles. The highest BCUT2D eigenvalue weighted by molar-refractivity contribution is 8.13. The molecule has 0 spiro atoms. The van der Waals surface area contributed by atoms with Crippen LogP contribution in [-0.2, 0) is 4.79 Å². The van der Waals surface area contributed by atoms with Crippen molar-refractivity contribution >= 4 is 45.9 Å². The summed E-state index contributed by atoms with van der Waals surface area (Å²) in [5, 5.41) is 13.1. The average Bonchev–Trinajstić information content (AvgIpc) is 2.95. The third kappa shape index (κ3) is 3.48. The molecule has 0 unspecified atom stereocenters. The van der Waals surface area contributed by atoms with E-state index in [2.05, 4.69) is 5.32 Å². The molecule has 2 N–H and O–H groups in total. The second-order valence-corrected chi connectivity index (χ2v) is 5.83. The molecule has 1 fully saturated rings. The van der Waals surface area contributed by atoms with Gasteiger partial charge in [0.25, 0.3) is 5.24 Å². The Kier molecular flexibility index (Phi) is 4.43. The van der Waals surface area contributed by atoms with Crippen LogP contribution in [0.2, 0.25) is 0 Å². The third-order valence-corrected chi connectivity index (χ3v) is 4.38. The van der Waals surface area contributed by atoms with E-state index in [1.165, 1.54) is 11.8 Å². The van der Waals surface area contributed by atoms with E-state index in [4.69, 9.17) is 5.11 Å². The topological polar surface area (TPSA) is 86.7 Å². The Morgan fingerprint density at radius 3 is 2.89 bits per heavy atom. The van der Waals surface area contributed by atoms with Crippen LogP contribution in [0.5, 0.6) is 0 Å². The highest BCUT2D eigenvalue weighted by Gasteiger charge is 2.21. The molecule has 19 heavy (non-hydrogen) atoms. The van der Waals surface area contributed by atoms with Gasteiger partial charge >= 0.3 is 5.97 Å². The minimum atomic E-state index is -1.06. The number of thiophene rings is 1. The van der Waals surface area contributed by atoms with Crippen LogP contribution in [0.3, 0.4) is 0 Å². The quantitative estimate of drug-likeness (QED) is 0.868. The molecule has 0 atom stereocenters. The van der Waals surface area contributed by atoms with E-state index >= 15 is 0 Å². The van der Waals surface area contributed by atoms with Crippen molar-refractivity contribution in [1.29, 1.82) is 0 Å². The maximum atomic E-state index is 11.7. The van der Waals surface area contributed by atoms with Crippen molar-refractivity contribution in [2.45, 2.75) is 6.42 Å². The molecule has 2 amide bonds. The Balaban J connectivity index is 1.85. The van der Waals surface area contributed by atoms with E-state index in [1.807, 2.05) is 0 Å². The number of carboxylic acids is 1. The molecule has 1 saturated heterocycles. The number of nitrogens with one attached hydrogen (secondary N) is 1. The fourth-order valence-electron chi connectivity index (χ4n) is 1.65. The van der Waals surface area contributed by atoms with Gasteiger partial charge < -0.3 is 15.3 Å². The first-order chi connectivity index (χ1) is 9.08. The maximum Gasteiger partial charge on any atom is 0.348 e. The molecule has 2 rings (SSSR count). The van der Waals surface area contributed by atoms with Crippen molar-refractivity contribution in [3.63, 3.8) is 0 Å². The molecule has 8 heteroatoms. The van der Waals surface area contributed by atoms with E-state index in [-0.39, 0.29) is 22.4 Å². The highest BCUT2D eigenvalue weighted by Crippen LogP contribution is 2.22. The van der Waals surface area contributed by atoms with Crippen molar-refractivity contribution < 1.29 is 19.5 Å². The summed E-state index contributed by atoms with van der Waals surface area (Å²) in [5.74, 6) is -0.587. The van der Waals surface area contributed by atoms with Gasteiger partial charge in [-0.2, -0.15) is 0 Å². The molecule has 1 aromatic rings. The van der Waals surface area contributed by atoms with Crippen LogP contribution in [0.25, 0.3) is 0 Å². The standard InChI is InChI=1S/C11H12N2O4S2/c14-8(1-3-13-4-6-19-11(13)17)12-7-2-5-18-9(7)10(15)16/h2,5H,1,3-4,6H2,(H,12,14)(H,15,16). The Morgan fingerprint density at radius 1 is 1.47 bits per heavy atom. The van der Waals surface area contributed by atoms with Gasteiger partial charge in [-0.05, 0) is 11.4 Å². The Morgan fingerprint density at radius 2 is 2.26 bits per heavy atom. The van der Waals surface area contributed by atoms with Gasteiger partial charge in [-0.3, -0.25) is 9.59 Å². The Labute approximate surface area is 117 Å². The number of thioether (sulfide) groups is 1. The van der Waals surface area contributed by atoms with Crippen molar-refractivity contribution in [3.8, 4) is 0 Å². The largest absolute Gasteiger partial charge is 0.477 e. The van der Waals surface area contributed by atoms with Crippen molar-refractivity contribution in [1.82, 2.24) is 4.90 Å². The summed E-state index contributed by atoms with van der Waals surface area (Å²) < 4.78 is 0. The normalized spacial score (nSPS) is 14.7. The van der Waals surface area contributed by atoms with Crippen molar-refractivity contribution in [3.05, 3.63) is 16.3 Å². The average molecular weight is 300 g/mol. The fourth-order valence-corrected chi connectivity index (χ4v) is 3.19. The second-order valence-electron chi connectivity index (χ2n) is 3.87. The zero-order valence-electron chi connectivity index (χ0n) is 9.92. The zero-order valence-corrected chi connectivity index (χ0v) is 11.6. The van der Waals surface area contributed by atoms with E-state index in [0.29, 0.717) is 18.8 Å². The first-order valence-electron chi connectivity index (χ1n) is 5.60. The van der Waals surface area contributed by atoms with Gasteiger partial charge in [0.05, 0.1) is 5.69 Å². The molecule has 102 valence electrons. The predicted molar refractivity (Wildman–Crippen MR) is 74.0 cm³/mol. The number of hydrogen-bond donors (Lipinski definition) is 2. The lowest BCUT2D eigenvalue weighted by Gasteiger charge is -2.13. The number of nitrogens with zero attached hydrogens (tertiary/aromatic N) is 1. The third-order valence-electron chi connectivity index (χ3n) is 2.59. The van der Waals surface area contributed by atoms with Crippen LogP contribution >= 0.6 is 23.1 Å². The number of carboxylic acid groups (broad SMARTS) is 1. The molecule has 6 nitrogen and oxygen atoms in total. The van der Waals surface area contributed by atoms with Gasteiger partial charge in [-0.25, -0.2) is 4.79 Å². The molecule has 0 bridgehead atoms. The molecule has 1 aliphatic heterocycles. The summed E-state index contributed by atoms with van der Waals surface area (Å²) >= 11 is 2.31. The molecule has 0 saturated carbocycles. The molecule has 1 aromatic heterocycles. The number of amides is 2. The van der Waals surface area contributed by atoms with Crippen LogP contribution in [0, 0.1) is 0 Å². The molecular formula is C11H12N2O4S2. The van der Waals surface area contributed by atoms with Crippen molar-refractivity contribution in [2.24, 2.45) is 0 Å². The smallest absolute Gasteiger partial charge is 0.348 e. The maximum absolute atomic E-state index is 11.7. The van der Waals surface area contributed by atoms with E-state index in [9.17, 15) is 14.4 Å². The molecule has 1 aliphatic rings. The number of hydrogen-bond acceptors (Lipinski definition) is 5.